The summed E-state index contributed by atoms with van der Waals surface area (Å²) in [6, 6.07) is 6.79. The number of amides is 1. The predicted molar refractivity (Wildman–Crippen MR) is 83.9 cm³/mol. The molecule has 0 aliphatic carbocycles. The molecule has 6 nitrogen and oxygen atoms in total. The molecule has 0 bridgehead atoms. The molecule has 1 unspecified atom stereocenters. The van der Waals surface area contributed by atoms with Crippen LogP contribution in [0.1, 0.15) is 11.6 Å². The third-order valence-electron chi connectivity index (χ3n) is 2.95. The average molecular weight is 311 g/mol. The molecule has 1 atom stereocenters. The van der Waals surface area contributed by atoms with Crippen LogP contribution in [0.4, 0.5) is 5.69 Å². The maximum atomic E-state index is 12.3. The molecule has 1 heterocycles. The molecule has 0 fully saturated rings. The van der Waals surface area contributed by atoms with E-state index in [1.165, 1.54) is 0 Å². The summed E-state index contributed by atoms with van der Waals surface area (Å²) in [5, 5.41) is 9.92. The number of carbonyl (C=O) groups excluding carboxylic acids is 1. The minimum atomic E-state index is -0.449. The van der Waals surface area contributed by atoms with E-state index in [1.807, 2.05) is 31.4 Å². The molecule has 2 aromatic rings. The van der Waals surface area contributed by atoms with Crippen LogP contribution in [0.3, 0.4) is 0 Å². The number of methoxy groups -OCH3 is 1. The smallest absolute Gasteiger partial charge is 0.246 e. The highest BCUT2D eigenvalue weighted by atomic mass is 35.5. The number of nitrogens with one attached hydrogen (secondary N) is 2. The fourth-order valence-corrected chi connectivity index (χ4v) is 1.95. The van der Waals surface area contributed by atoms with Crippen molar-refractivity contribution in [3.05, 3.63) is 42.2 Å². The van der Waals surface area contributed by atoms with Gasteiger partial charge in [-0.3, -0.25) is 9.48 Å². The average Bonchev–Trinajstić information content (AvgIpc) is 2.86. The second-order valence-corrected chi connectivity index (χ2v) is 4.39. The number of aryl methyl sites for hydroxylation is 1. The first-order chi connectivity index (χ1) is 9.63. The fourth-order valence-electron chi connectivity index (χ4n) is 1.95. The van der Waals surface area contributed by atoms with E-state index < -0.39 is 6.04 Å². The summed E-state index contributed by atoms with van der Waals surface area (Å²) in [5.41, 5.74) is 1.51. The van der Waals surface area contributed by atoms with Crippen LogP contribution in [0, 0.1) is 0 Å². The highest BCUT2D eigenvalue weighted by molar-refractivity contribution is 5.95. The number of ether oxygens (including phenoxy) is 1. The minimum Gasteiger partial charge on any atom is -0.497 e. The molecular weight excluding hydrogens is 292 g/mol. The van der Waals surface area contributed by atoms with Crippen LogP contribution in [0.15, 0.2) is 36.7 Å². The van der Waals surface area contributed by atoms with E-state index in [0.29, 0.717) is 11.4 Å². The molecule has 21 heavy (non-hydrogen) atoms. The summed E-state index contributed by atoms with van der Waals surface area (Å²) in [6.07, 6.45) is 3.48. The van der Waals surface area contributed by atoms with Crippen LogP contribution >= 0.6 is 12.4 Å². The van der Waals surface area contributed by atoms with E-state index in [4.69, 9.17) is 4.74 Å². The Bertz CT molecular complexity index is 600. The van der Waals surface area contributed by atoms with E-state index in [1.54, 1.807) is 31.1 Å². The summed E-state index contributed by atoms with van der Waals surface area (Å²) in [6.45, 7) is 0. The van der Waals surface area contributed by atoms with Crippen molar-refractivity contribution >= 4 is 24.0 Å². The summed E-state index contributed by atoms with van der Waals surface area (Å²) in [4.78, 5) is 12.3. The van der Waals surface area contributed by atoms with E-state index in [0.717, 1.165) is 5.56 Å². The van der Waals surface area contributed by atoms with E-state index in [-0.39, 0.29) is 18.3 Å². The van der Waals surface area contributed by atoms with Gasteiger partial charge in [0.15, 0.2) is 0 Å². The number of aromatic nitrogens is 2. The highest BCUT2D eigenvalue weighted by Gasteiger charge is 2.20. The van der Waals surface area contributed by atoms with Crippen LogP contribution in [-0.2, 0) is 11.8 Å². The third kappa shape index (κ3) is 4.21. The third-order valence-corrected chi connectivity index (χ3v) is 2.95. The van der Waals surface area contributed by atoms with Crippen LogP contribution < -0.4 is 15.4 Å². The van der Waals surface area contributed by atoms with E-state index >= 15 is 0 Å². The summed E-state index contributed by atoms with van der Waals surface area (Å²) in [7, 11) is 5.14. The second kappa shape index (κ2) is 7.66. The van der Waals surface area contributed by atoms with Crippen molar-refractivity contribution in [2.45, 2.75) is 6.04 Å². The van der Waals surface area contributed by atoms with Gasteiger partial charge >= 0.3 is 0 Å². The van der Waals surface area contributed by atoms with E-state index in [2.05, 4.69) is 15.7 Å². The van der Waals surface area contributed by atoms with Gasteiger partial charge in [-0.1, -0.05) is 6.07 Å². The molecule has 0 radical (unpaired) electrons. The van der Waals surface area contributed by atoms with Gasteiger partial charge in [-0.2, -0.15) is 5.10 Å². The number of rotatable bonds is 5. The Labute approximate surface area is 129 Å². The summed E-state index contributed by atoms with van der Waals surface area (Å²) >= 11 is 0. The second-order valence-electron chi connectivity index (χ2n) is 4.39. The van der Waals surface area contributed by atoms with Gasteiger partial charge in [-0.25, -0.2) is 0 Å². The maximum Gasteiger partial charge on any atom is 0.246 e. The number of hydrogen-bond donors (Lipinski definition) is 2. The molecule has 1 amide bonds. The zero-order chi connectivity index (χ0) is 14.5. The Morgan fingerprint density at radius 3 is 2.76 bits per heavy atom. The SMILES string of the molecule is CNC(C(=O)Nc1cccc(OC)c1)c1cnn(C)c1.Cl. The van der Waals surface area contributed by atoms with Crippen molar-refractivity contribution < 1.29 is 9.53 Å². The van der Waals surface area contributed by atoms with Crippen LogP contribution in [0.5, 0.6) is 5.75 Å². The van der Waals surface area contributed by atoms with Crippen molar-refractivity contribution in [1.29, 1.82) is 0 Å². The van der Waals surface area contributed by atoms with Crippen molar-refractivity contribution in [3.8, 4) is 5.75 Å². The molecule has 0 saturated carbocycles. The zero-order valence-electron chi connectivity index (χ0n) is 12.2. The molecule has 1 aromatic heterocycles. The first-order valence-corrected chi connectivity index (χ1v) is 6.24. The lowest BCUT2D eigenvalue weighted by Crippen LogP contribution is -2.30. The number of likely N-dealkylation sites (N-methyl/N-ethyl adjacent to an activating group) is 1. The lowest BCUT2D eigenvalue weighted by Gasteiger charge is -2.15. The number of nitrogens with zero attached hydrogens (tertiary/aromatic N) is 2. The van der Waals surface area contributed by atoms with Gasteiger partial charge in [0, 0.05) is 30.6 Å². The largest absolute Gasteiger partial charge is 0.497 e. The number of halogens is 1. The normalized spacial score (nSPS) is 11.4. The van der Waals surface area contributed by atoms with Gasteiger partial charge in [-0.05, 0) is 19.2 Å². The molecule has 2 N–H and O–H groups in total. The van der Waals surface area contributed by atoms with Gasteiger partial charge in [0.2, 0.25) is 5.91 Å². The minimum absolute atomic E-state index is 0. The van der Waals surface area contributed by atoms with Crippen LogP contribution in [-0.4, -0.2) is 29.8 Å². The molecule has 2 rings (SSSR count). The van der Waals surface area contributed by atoms with Crippen molar-refractivity contribution in [1.82, 2.24) is 15.1 Å². The molecule has 0 aliphatic heterocycles. The number of anilines is 1. The first-order valence-electron chi connectivity index (χ1n) is 6.24. The topological polar surface area (TPSA) is 68.2 Å². The molecule has 0 saturated heterocycles. The monoisotopic (exact) mass is 310 g/mol. The predicted octanol–water partition coefficient (Wildman–Crippen LogP) is 1.75. The molecule has 1 aromatic carbocycles. The Balaban J connectivity index is 0.00000220. The highest BCUT2D eigenvalue weighted by Crippen LogP contribution is 2.19. The van der Waals surface area contributed by atoms with Gasteiger partial charge in [0.25, 0.3) is 0 Å². The van der Waals surface area contributed by atoms with Crippen molar-refractivity contribution in [2.75, 3.05) is 19.5 Å². The lowest BCUT2D eigenvalue weighted by molar-refractivity contribution is -0.118. The van der Waals surface area contributed by atoms with Crippen LogP contribution in [0.25, 0.3) is 0 Å². The summed E-state index contributed by atoms with van der Waals surface area (Å²) in [5.74, 6) is 0.555. The zero-order valence-corrected chi connectivity index (χ0v) is 13.0. The molecule has 114 valence electrons. The molecule has 0 aliphatic rings. The number of benzene rings is 1. The van der Waals surface area contributed by atoms with Crippen LogP contribution in [0.2, 0.25) is 0 Å². The Kier molecular flexibility index (Phi) is 6.20. The first kappa shape index (κ1) is 17.0. The Morgan fingerprint density at radius 1 is 1.43 bits per heavy atom. The van der Waals surface area contributed by atoms with Gasteiger partial charge < -0.3 is 15.4 Å². The van der Waals surface area contributed by atoms with Crippen molar-refractivity contribution in [3.63, 3.8) is 0 Å². The van der Waals surface area contributed by atoms with Crippen molar-refractivity contribution in [2.24, 2.45) is 7.05 Å². The molecule has 0 spiro atoms. The Morgan fingerprint density at radius 2 is 2.19 bits per heavy atom. The molecular formula is C14H19ClN4O2. The fraction of sp³-hybridized carbons (Fsp3) is 0.286. The number of hydrogen-bond acceptors (Lipinski definition) is 4. The van der Waals surface area contributed by atoms with E-state index in [9.17, 15) is 4.79 Å². The van der Waals surface area contributed by atoms with Gasteiger partial charge in [0.1, 0.15) is 11.8 Å². The summed E-state index contributed by atoms with van der Waals surface area (Å²) < 4.78 is 6.80. The quantitative estimate of drug-likeness (QED) is 0.883. The standard InChI is InChI=1S/C14H18N4O2.ClH/c1-15-13(10-8-16-18(2)9-10)14(19)17-11-5-4-6-12(7-11)20-3;/h4-9,13,15H,1-3H3,(H,17,19);1H. The lowest BCUT2D eigenvalue weighted by atomic mass is 10.1. The maximum absolute atomic E-state index is 12.3. The Hall–Kier alpha value is -2.05. The van der Waals surface area contributed by atoms with Gasteiger partial charge in [-0.15, -0.1) is 12.4 Å². The molecule has 7 heteroatoms. The number of carbonyl (C=O) groups is 1. The van der Waals surface area contributed by atoms with Gasteiger partial charge in [0.05, 0.1) is 13.3 Å².